The number of carboxylic acid groups (broad SMARTS) is 1. The molecule has 6 nitrogen and oxygen atoms in total. The first-order chi connectivity index (χ1) is 13.6. The Balaban J connectivity index is 0.000000370. The molecule has 10 heteroatoms. The Bertz CT molecular complexity index is 853. The van der Waals surface area contributed by atoms with Crippen molar-refractivity contribution in [1.29, 1.82) is 0 Å². The van der Waals surface area contributed by atoms with Crippen LogP contribution in [0.5, 0.6) is 0 Å². The first-order valence-corrected chi connectivity index (χ1v) is 10.7. The molecule has 29 heavy (non-hydrogen) atoms. The molecule has 1 fully saturated rings. The van der Waals surface area contributed by atoms with Gasteiger partial charge in [-0.25, -0.2) is 13.2 Å². The molecule has 2 aromatic rings. The van der Waals surface area contributed by atoms with Crippen LogP contribution in [0, 0.1) is 0 Å². The zero-order chi connectivity index (χ0) is 21.5. The van der Waals surface area contributed by atoms with E-state index in [0.717, 1.165) is 18.7 Å². The average Bonchev–Trinajstić information content (AvgIpc) is 3.18. The number of halogens is 3. The maximum atomic E-state index is 11.5. The van der Waals surface area contributed by atoms with E-state index in [2.05, 4.69) is 17.0 Å². The summed E-state index contributed by atoms with van der Waals surface area (Å²) in [7, 11) is -2.81. The van der Waals surface area contributed by atoms with Crippen molar-refractivity contribution in [3.05, 3.63) is 60.1 Å². The summed E-state index contributed by atoms with van der Waals surface area (Å²) < 4.78 is 60.3. The van der Waals surface area contributed by atoms with E-state index in [1.165, 1.54) is 5.56 Å². The van der Waals surface area contributed by atoms with E-state index in [-0.39, 0.29) is 17.4 Å². The van der Waals surface area contributed by atoms with Crippen LogP contribution in [0.2, 0.25) is 0 Å². The Morgan fingerprint density at radius 1 is 1.10 bits per heavy atom. The van der Waals surface area contributed by atoms with Crippen molar-refractivity contribution in [2.75, 3.05) is 31.1 Å². The minimum Gasteiger partial charge on any atom is -0.475 e. The highest BCUT2D eigenvalue weighted by Crippen LogP contribution is 2.28. The van der Waals surface area contributed by atoms with Gasteiger partial charge in [0.15, 0.2) is 9.84 Å². The lowest BCUT2D eigenvalue weighted by Gasteiger charge is -2.28. The molecule has 1 aliphatic rings. The standard InChI is InChI=1S/C17H21NO3S.C2HF3O2/c19-22(20)13-10-18(11-14-22)9-8-16(17-7-4-12-21-17)15-5-2-1-3-6-15;3-2(4,5)1(6)7/h1-7,12,16H,8-11,13-14H2;(H,6,7). The lowest BCUT2D eigenvalue weighted by Crippen LogP contribution is -2.41. The summed E-state index contributed by atoms with van der Waals surface area (Å²) in [5.41, 5.74) is 1.24. The number of nitrogens with zero attached hydrogens (tertiary/aromatic N) is 1. The van der Waals surface area contributed by atoms with E-state index in [4.69, 9.17) is 14.3 Å². The van der Waals surface area contributed by atoms with E-state index in [1.807, 2.05) is 30.3 Å². The highest BCUT2D eigenvalue weighted by molar-refractivity contribution is 7.91. The molecule has 1 saturated heterocycles. The number of sulfone groups is 1. The molecule has 1 atom stereocenters. The van der Waals surface area contributed by atoms with Gasteiger partial charge < -0.3 is 14.4 Å². The van der Waals surface area contributed by atoms with Crippen molar-refractivity contribution in [1.82, 2.24) is 4.90 Å². The van der Waals surface area contributed by atoms with Crippen LogP contribution in [0.25, 0.3) is 0 Å². The maximum Gasteiger partial charge on any atom is 0.490 e. The highest BCUT2D eigenvalue weighted by atomic mass is 32.2. The zero-order valence-electron chi connectivity index (χ0n) is 15.5. The van der Waals surface area contributed by atoms with Gasteiger partial charge in [-0.15, -0.1) is 0 Å². The minimum atomic E-state index is -5.08. The van der Waals surface area contributed by atoms with Gasteiger partial charge in [-0.1, -0.05) is 30.3 Å². The molecule has 160 valence electrons. The zero-order valence-corrected chi connectivity index (χ0v) is 16.3. The number of rotatable bonds is 5. The van der Waals surface area contributed by atoms with Gasteiger partial charge in [0.05, 0.1) is 17.8 Å². The van der Waals surface area contributed by atoms with Crippen LogP contribution in [0.15, 0.2) is 53.1 Å². The summed E-state index contributed by atoms with van der Waals surface area (Å²) in [5.74, 6) is -1.01. The molecule has 1 N–H and O–H groups in total. The Kier molecular flexibility index (Phi) is 7.86. The number of alkyl halides is 3. The fourth-order valence-corrected chi connectivity index (χ4v) is 4.21. The fourth-order valence-electron chi connectivity index (χ4n) is 2.93. The third-order valence-electron chi connectivity index (χ3n) is 4.50. The van der Waals surface area contributed by atoms with Crippen LogP contribution in [-0.4, -0.2) is 61.7 Å². The molecular weight excluding hydrogens is 411 g/mol. The van der Waals surface area contributed by atoms with Crippen LogP contribution >= 0.6 is 0 Å². The Hall–Kier alpha value is -2.33. The summed E-state index contributed by atoms with van der Waals surface area (Å²) in [6.45, 7) is 2.17. The number of carboxylic acids is 1. The maximum absolute atomic E-state index is 11.5. The van der Waals surface area contributed by atoms with Crippen LogP contribution in [0.3, 0.4) is 0 Å². The molecule has 0 saturated carbocycles. The molecule has 2 heterocycles. The fraction of sp³-hybridized carbons (Fsp3) is 0.421. The Morgan fingerprint density at radius 3 is 2.17 bits per heavy atom. The first-order valence-electron chi connectivity index (χ1n) is 8.90. The molecule has 0 aliphatic carbocycles. The molecule has 0 radical (unpaired) electrons. The van der Waals surface area contributed by atoms with E-state index >= 15 is 0 Å². The number of furan rings is 1. The van der Waals surface area contributed by atoms with Gasteiger partial charge in [0.25, 0.3) is 0 Å². The second-order valence-electron chi connectivity index (χ2n) is 6.56. The van der Waals surface area contributed by atoms with Crippen LogP contribution < -0.4 is 0 Å². The summed E-state index contributed by atoms with van der Waals surface area (Å²) in [6.07, 6.45) is -2.45. The molecule has 1 aromatic heterocycles. The third kappa shape index (κ3) is 7.54. The summed E-state index contributed by atoms with van der Waals surface area (Å²) >= 11 is 0. The normalized spacial score (nSPS) is 17.8. The average molecular weight is 433 g/mol. The van der Waals surface area contributed by atoms with E-state index in [0.29, 0.717) is 13.1 Å². The van der Waals surface area contributed by atoms with Crippen LogP contribution in [0.4, 0.5) is 13.2 Å². The van der Waals surface area contributed by atoms with Gasteiger partial charge in [-0.3, -0.25) is 0 Å². The van der Waals surface area contributed by atoms with Gasteiger partial charge in [0.2, 0.25) is 0 Å². The van der Waals surface area contributed by atoms with Gasteiger partial charge in [0.1, 0.15) is 5.76 Å². The van der Waals surface area contributed by atoms with Crippen molar-refractivity contribution in [2.45, 2.75) is 18.5 Å². The van der Waals surface area contributed by atoms with Gasteiger partial charge in [-0.05, 0) is 30.7 Å². The Morgan fingerprint density at radius 2 is 1.69 bits per heavy atom. The van der Waals surface area contributed by atoms with Crippen LogP contribution in [0.1, 0.15) is 23.7 Å². The second kappa shape index (κ2) is 9.93. The molecule has 1 aromatic carbocycles. The minimum absolute atomic E-state index is 0.217. The largest absolute Gasteiger partial charge is 0.490 e. The predicted molar refractivity (Wildman–Crippen MR) is 100 cm³/mol. The molecule has 1 unspecified atom stereocenters. The molecular formula is C19H22F3NO5S. The van der Waals surface area contributed by atoms with Gasteiger partial charge >= 0.3 is 12.1 Å². The third-order valence-corrected chi connectivity index (χ3v) is 6.11. The molecule has 0 spiro atoms. The predicted octanol–water partition coefficient (Wildman–Crippen LogP) is 3.17. The van der Waals surface area contributed by atoms with Crippen molar-refractivity contribution < 1.29 is 35.9 Å². The van der Waals surface area contributed by atoms with Crippen molar-refractivity contribution in [3.8, 4) is 0 Å². The molecule has 3 rings (SSSR count). The number of benzene rings is 1. The summed E-state index contributed by atoms with van der Waals surface area (Å²) in [4.78, 5) is 11.1. The monoisotopic (exact) mass is 433 g/mol. The topological polar surface area (TPSA) is 87.8 Å². The summed E-state index contributed by atoms with van der Waals surface area (Å²) in [5, 5.41) is 7.12. The second-order valence-corrected chi connectivity index (χ2v) is 8.87. The smallest absolute Gasteiger partial charge is 0.475 e. The quantitative estimate of drug-likeness (QED) is 0.779. The van der Waals surface area contributed by atoms with Crippen LogP contribution in [-0.2, 0) is 14.6 Å². The van der Waals surface area contributed by atoms with Crippen molar-refractivity contribution in [3.63, 3.8) is 0 Å². The SMILES string of the molecule is O=C(O)C(F)(F)F.O=S1(=O)CCN(CCC(c2ccccc2)c2ccco2)CC1. The molecule has 0 bridgehead atoms. The number of hydrogen-bond donors (Lipinski definition) is 1. The first kappa shape index (κ1) is 23.0. The lowest BCUT2D eigenvalue weighted by atomic mass is 9.93. The van der Waals surface area contributed by atoms with Crippen molar-refractivity contribution >= 4 is 15.8 Å². The highest BCUT2D eigenvalue weighted by Gasteiger charge is 2.38. The van der Waals surface area contributed by atoms with E-state index < -0.39 is 22.0 Å². The van der Waals surface area contributed by atoms with Gasteiger partial charge in [-0.2, -0.15) is 13.2 Å². The lowest BCUT2D eigenvalue weighted by molar-refractivity contribution is -0.192. The number of hydrogen-bond acceptors (Lipinski definition) is 5. The van der Waals surface area contributed by atoms with Crippen molar-refractivity contribution in [2.24, 2.45) is 0 Å². The Labute approximate surface area is 166 Å². The number of aliphatic carboxylic acids is 1. The summed E-state index contributed by atoms with van der Waals surface area (Å²) in [6, 6.07) is 14.3. The number of carbonyl (C=O) groups is 1. The van der Waals surface area contributed by atoms with E-state index in [9.17, 15) is 21.6 Å². The molecule has 0 amide bonds. The van der Waals surface area contributed by atoms with Gasteiger partial charge in [0, 0.05) is 19.0 Å². The van der Waals surface area contributed by atoms with E-state index in [1.54, 1.807) is 6.26 Å². The molecule has 1 aliphatic heterocycles.